The minimum atomic E-state index is -2.83. The highest BCUT2D eigenvalue weighted by molar-refractivity contribution is 5.67. The lowest BCUT2D eigenvalue weighted by Gasteiger charge is -2.38. The minimum absolute atomic E-state index is 0.180. The molecule has 1 unspecified atom stereocenters. The summed E-state index contributed by atoms with van der Waals surface area (Å²) in [6.45, 7) is 2.20. The number of fused-ring (bicyclic) bond motifs is 1. The molecule has 5 heterocycles. The van der Waals surface area contributed by atoms with Crippen LogP contribution >= 0.6 is 0 Å². The van der Waals surface area contributed by atoms with Crippen molar-refractivity contribution in [1.82, 2.24) is 29.5 Å². The van der Waals surface area contributed by atoms with Gasteiger partial charge in [0.15, 0.2) is 0 Å². The van der Waals surface area contributed by atoms with Crippen molar-refractivity contribution in [2.24, 2.45) is 5.92 Å². The second-order valence-electron chi connectivity index (χ2n) is 9.93. The van der Waals surface area contributed by atoms with Gasteiger partial charge in [-0.25, -0.2) is 23.1 Å². The Morgan fingerprint density at radius 3 is 2.71 bits per heavy atom. The molecule has 1 aliphatic carbocycles. The fourth-order valence-corrected chi connectivity index (χ4v) is 5.14. The van der Waals surface area contributed by atoms with Crippen LogP contribution in [0.15, 0.2) is 55.1 Å². The Kier molecular flexibility index (Phi) is 5.10. The second-order valence-corrected chi connectivity index (χ2v) is 9.93. The Balaban J connectivity index is 1.25. The van der Waals surface area contributed by atoms with Crippen molar-refractivity contribution in [2.75, 3.05) is 18.4 Å². The number of hydrogen-bond acceptors (Lipinski definition) is 5. The van der Waals surface area contributed by atoms with E-state index >= 15 is 0 Å². The zero-order valence-corrected chi connectivity index (χ0v) is 19.3. The number of halogens is 3. The molecule has 182 valence electrons. The van der Waals surface area contributed by atoms with Crippen molar-refractivity contribution in [3.8, 4) is 22.5 Å². The van der Waals surface area contributed by atoms with Crippen molar-refractivity contribution in [3.05, 3.63) is 55.1 Å². The summed E-state index contributed by atoms with van der Waals surface area (Å²) < 4.78 is 45.7. The topological polar surface area (TPSA) is 72.1 Å². The number of aromatic nitrogens is 5. The predicted octanol–water partition coefficient (Wildman–Crippen LogP) is 4.42. The van der Waals surface area contributed by atoms with Gasteiger partial charge in [0.05, 0.1) is 30.3 Å². The summed E-state index contributed by atoms with van der Waals surface area (Å²) in [6.07, 6.45) is 8.63. The zero-order chi connectivity index (χ0) is 24.2. The molecule has 7 nitrogen and oxygen atoms in total. The maximum absolute atomic E-state index is 14.0. The molecule has 1 atom stereocenters. The van der Waals surface area contributed by atoms with Crippen molar-refractivity contribution >= 4 is 11.5 Å². The van der Waals surface area contributed by atoms with Crippen LogP contribution in [0.4, 0.5) is 19.0 Å². The first-order valence-corrected chi connectivity index (χ1v) is 11.8. The molecule has 1 aliphatic heterocycles. The van der Waals surface area contributed by atoms with Gasteiger partial charge in [-0.15, -0.1) is 0 Å². The fourth-order valence-electron chi connectivity index (χ4n) is 5.14. The van der Waals surface area contributed by atoms with Crippen LogP contribution in [0.25, 0.3) is 28.2 Å². The van der Waals surface area contributed by atoms with E-state index in [9.17, 15) is 13.2 Å². The Morgan fingerprint density at radius 2 is 1.94 bits per heavy atom. The molecule has 0 aromatic carbocycles. The first-order chi connectivity index (χ1) is 16.8. The SMILES string of the molecule is CC1(F)CC(Cn2cc(-c3ccc4ncc(-c5cccc(NC6CNCC6(F)F)n5)n4c3)cn2)C1. The summed E-state index contributed by atoms with van der Waals surface area (Å²) >= 11 is 0. The summed E-state index contributed by atoms with van der Waals surface area (Å²) in [5, 5.41) is 10.0. The fraction of sp³-hybridized carbons (Fsp3) is 0.400. The number of anilines is 1. The third-order valence-corrected chi connectivity index (χ3v) is 6.90. The normalized spacial score (nSPS) is 25.6. The molecule has 1 saturated carbocycles. The number of imidazole rings is 1. The number of alkyl halides is 3. The van der Waals surface area contributed by atoms with E-state index in [1.807, 2.05) is 45.9 Å². The number of rotatable bonds is 6. The van der Waals surface area contributed by atoms with E-state index in [1.165, 1.54) is 0 Å². The van der Waals surface area contributed by atoms with Crippen LogP contribution in [-0.2, 0) is 6.54 Å². The molecular formula is C25H26F3N7. The third kappa shape index (κ3) is 4.27. The van der Waals surface area contributed by atoms with Crippen LogP contribution in [0.5, 0.6) is 0 Å². The highest BCUT2D eigenvalue weighted by Gasteiger charge is 2.44. The van der Waals surface area contributed by atoms with Gasteiger partial charge in [-0.2, -0.15) is 5.10 Å². The summed E-state index contributed by atoms with van der Waals surface area (Å²) in [4.78, 5) is 9.06. The largest absolute Gasteiger partial charge is 0.360 e. The molecule has 0 amide bonds. The monoisotopic (exact) mass is 481 g/mol. The number of hydrogen-bond donors (Lipinski definition) is 2. The van der Waals surface area contributed by atoms with Gasteiger partial charge in [-0.05, 0) is 49.9 Å². The molecule has 10 heteroatoms. The lowest BCUT2D eigenvalue weighted by Crippen LogP contribution is -2.38. The number of nitrogens with one attached hydrogen (secondary N) is 2. The quantitative estimate of drug-likeness (QED) is 0.427. The molecule has 1 saturated heterocycles. The third-order valence-electron chi connectivity index (χ3n) is 6.90. The van der Waals surface area contributed by atoms with E-state index in [0.29, 0.717) is 36.8 Å². The number of nitrogens with zero attached hydrogens (tertiary/aromatic N) is 5. The van der Waals surface area contributed by atoms with E-state index in [1.54, 1.807) is 25.3 Å². The predicted molar refractivity (Wildman–Crippen MR) is 127 cm³/mol. The van der Waals surface area contributed by atoms with E-state index in [2.05, 4.69) is 25.7 Å². The Hall–Kier alpha value is -3.40. The van der Waals surface area contributed by atoms with Gasteiger partial charge in [0.25, 0.3) is 5.92 Å². The smallest absolute Gasteiger partial charge is 0.281 e. The van der Waals surface area contributed by atoms with E-state index < -0.39 is 17.6 Å². The van der Waals surface area contributed by atoms with Crippen molar-refractivity contribution in [2.45, 2.75) is 43.9 Å². The highest BCUT2D eigenvalue weighted by Crippen LogP contribution is 2.41. The van der Waals surface area contributed by atoms with E-state index in [-0.39, 0.29) is 13.1 Å². The average molecular weight is 482 g/mol. The lowest BCUT2D eigenvalue weighted by molar-refractivity contribution is 0.0137. The molecule has 2 N–H and O–H groups in total. The summed E-state index contributed by atoms with van der Waals surface area (Å²) in [6, 6.07) is 8.21. The second kappa shape index (κ2) is 8.08. The van der Waals surface area contributed by atoms with Gasteiger partial charge in [-0.3, -0.25) is 9.08 Å². The summed E-state index contributed by atoms with van der Waals surface area (Å²) in [7, 11) is 0. The molecular weight excluding hydrogens is 455 g/mol. The van der Waals surface area contributed by atoms with Crippen molar-refractivity contribution < 1.29 is 13.2 Å². The molecule has 2 fully saturated rings. The molecule has 0 radical (unpaired) electrons. The van der Waals surface area contributed by atoms with E-state index in [0.717, 1.165) is 22.5 Å². The summed E-state index contributed by atoms with van der Waals surface area (Å²) in [5.41, 5.74) is 3.00. The van der Waals surface area contributed by atoms with Crippen LogP contribution in [0.3, 0.4) is 0 Å². The maximum Gasteiger partial charge on any atom is 0.281 e. The standard InChI is InChI=1S/C25H26F3N7/c1-24(26)7-16(8-24)12-34-13-18(9-31-34)17-5-6-23-30-10-20(35(23)14-17)19-3-2-4-22(32-19)33-21-11-29-15-25(21,27)28/h2-6,9-10,13-14,16,21,29H,7-8,11-12,15H2,1H3,(H,32,33). The van der Waals surface area contributed by atoms with E-state index in [4.69, 9.17) is 0 Å². The van der Waals surface area contributed by atoms with Gasteiger partial charge in [-0.1, -0.05) is 6.07 Å². The average Bonchev–Trinajstić information content (AvgIpc) is 3.51. The first kappa shape index (κ1) is 22.1. The Morgan fingerprint density at radius 1 is 1.09 bits per heavy atom. The molecule has 35 heavy (non-hydrogen) atoms. The molecule has 0 spiro atoms. The van der Waals surface area contributed by atoms with Crippen LogP contribution in [0.1, 0.15) is 19.8 Å². The zero-order valence-electron chi connectivity index (χ0n) is 19.3. The molecule has 0 bridgehead atoms. The minimum Gasteiger partial charge on any atom is -0.360 e. The lowest BCUT2D eigenvalue weighted by atomic mass is 9.73. The van der Waals surface area contributed by atoms with Crippen LogP contribution in [0, 0.1) is 5.92 Å². The molecule has 2 aliphatic rings. The Labute approximate surface area is 200 Å². The van der Waals surface area contributed by atoms with Crippen LogP contribution in [-0.4, -0.2) is 54.9 Å². The Bertz CT molecular complexity index is 1370. The summed E-state index contributed by atoms with van der Waals surface area (Å²) in [5.74, 6) is -2.12. The van der Waals surface area contributed by atoms with Crippen molar-refractivity contribution in [1.29, 1.82) is 0 Å². The van der Waals surface area contributed by atoms with Crippen LogP contribution < -0.4 is 10.6 Å². The van der Waals surface area contributed by atoms with Crippen LogP contribution in [0.2, 0.25) is 0 Å². The van der Waals surface area contributed by atoms with Gasteiger partial charge in [0.2, 0.25) is 0 Å². The highest BCUT2D eigenvalue weighted by atomic mass is 19.3. The number of pyridine rings is 2. The van der Waals surface area contributed by atoms with Gasteiger partial charge >= 0.3 is 0 Å². The van der Waals surface area contributed by atoms with Gasteiger partial charge in [0, 0.05) is 36.6 Å². The molecule has 6 rings (SSSR count). The maximum atomic E-state index is 14.0. The van der Waals surface area contributed by atoms with Gasteiger partial charge in [0.1, 0.15) is 23.2 Å². The van der Waals surface area contributed by atoms with Gasteiger partial charge < -0.3 is 10.6 Å². The molecule has 4 aromatic rings. The first-order valence-electron chi connectivity index (χ1n) is 11.8. The molecule has 4 aromatic heterocycles. The van der Waals surface area contributed by atoms with Crippen molar-refractivity contribution in [3.63, 3.8) is 0 Å².